The Bertz CT molecular complexity index is 2470. The molecular weight excluding hydrogens is 518 g/mol. The van der Waals surface area contributed by atoms with Crippen LogP contribution in [0.25, 0.3) is 88.8 Å². The monoisotopic (exact) mass is 539 g/mol. The van der Waals surface area contributed by atoms with Crippen LogP contribution in [-0.2, 0) is 0 Å². The number of hydrogen-bond acceptors (Lipinski definition) is 5. The molecule has 0 spiro atoms. The molecule has 0 aliphatic rings. The molecule has 0 saturated carbocycles. The average Bonchev–Trinajstić information content (AvgIpc) is 3.60. The summed E-state index contributed by atoms with van der Waals surface area (Å²) in [6, 6.07) is 43.0. The van der Waals surface area contributed by atoms with Crippen LogP contribution in [0.15, 0.2) is 136 Å². The molecule has 5 nitrogen and oxygen atoms in total. The maximum Gasteiger partial charge on any atom is 0.164 e. The summed E-state index contributed by atoms with van der Waals surface area (Å²) in [4.78, 5) is 14.8. The Kier molecular flexibility index (Phi) is 4.83. The SMILES string of the molecule is c1ccc(-c2nc(-c3ccc4c(c3)oc3cc5ccccc5cc34)nc(-c3ccc4oc5ccccc5c4c3)n2)cc1. The fourth-order valence-electron chi connectivity index (χ4n) is 5.82. The fourth-order valence-corrected chi connectivity index (χ4v) is 5.82. The highest BCUT2D eigenvalue weighted by Gasteiger charge is 2.16. The largest absolute Gasteiger partial charge is 0.456 e. The number of aromatic nitrogens is 3. The van der Waals surface area contributed by atoms with E-state index >= 15 is 0 Å². The smallest absolute Gasteiger partial charge is 0.164 e. The van der Waals surface area contributed by atoms with E-state index in [4.69, 9.17) is 23.8 Å². The van der Waals surface area contributed by atoms with Crippen LogP contribution in [0.2, 0.25) is 0 Å². The molecule has 0 unspecified atom stereocenters. The van der Waals surface area contributed by atoms with E-state index < -0.39 is 0 Å². The van der Waals surface area contributed by atoms with Gasteiger partial charge in [0.15, 0.2) is 17.5 Å². The molecule has 0 bridgehead atoms. The van der Waals surface area contributed by atoms with Crippen LogP contribution >= 0.6 is 0 Å². The summed E-state index contributed by atoms with van der Waals surface area (Å²) in [5, 5.41) is 6.60. The minimum atomic E-state index is 0.587. The van der Waals surface area contributed by atoms with Gasteiger partial charge in [-0.15, -0.1) is 0 Å². The molecule has 0 aliphatic carbocycles. The van der Waals surface area contributed by atoms with Crippen LogP contribution in [0.1, 0.15) is 0 Å². The van der Waals surface area contributed by atoms with E-state index in [-0.39, 0.29) is 0 Å². The number of furan rings is 2. The lowest BCUT2D eigenvalue weighted by molar-refractivity contribution is 0.668. The van der Waals surface area contributed by atoms with Crippen molar-refractivity contribution in [3.05, 3.63) is 127 Å². The fraction of sp³-hybridized carbons (Fsp3) is 0. The van der Waals surface area contributed by atoms with Crippen molar-refractivity contribution in [2.45, 2.75) is 0 Å². The van der Waals surface area contributed by atoms with Gasteiger partial charge >= 0.3 is 0 Å². The Hall–Kier alpha value is -5.81. The first kappa shape index (κ1) is 22.9. The molecule has 3 heterocycles. The third kappa shape index (κ3) is 3.61. The Morgan fingerprint density at radius 1 is 0.333 bits per heavy atom. The Morgan fingerprint density at radius 2 is 0.881 bits per heavy atom. The maximum absolute atomic E-state index is 6.35. The second-order valence-corrected chi connectivity index (χ2v) is 10.5. The predicted molar refractivity (Wildman–Crippen MR) is 168 cm³/mol. The minimum Gasteiger partial charge on any atom is -0.456 e. The Labute approximate surface area is 239 Å². The molecule has 9 aromatic rings. The van der Waals surface area contributed by atoms with Crippen LogP contribution in [0.4, 0.5) is 0 Å². The second kappa shape index (κ2) is 8.85. The zero-order valence-electron chi connectivity index (χ0n) is 22.3. The van der Waals surface area contributed by atoms with Gasteiger partial charge in [-0.05, 0) is 59.3 Å². The average molecular weight is 540 g/mol. The lowest BCUT2D eigenvalue weighted by Crippen LogP contribution is -2.00. The number of para-hydroxylation sites is 1. The summed E-state index contributed by atoms with van der Waals surface area (Å²) < 4.78 is 12.4. The zero-order valence-corrected chi connectivity index (χ0v) is 22.3. The van der Waals surface area contributed by atoms with Crippen LogP contribution in [0.3, 0.4) is 0 Å². The van der Waals surface area contributed by atoms with E-state index in [2.05, 4.69) is 54.6 Å². The van der Waals surface area contributed by atoms with Crippen molar-refractivity contribution >= 4 is 54.6 Å². The minimum absolute atomic E-state index is 0.587. The molecule has 0 radical (unpaired) electrons. The van der Waals surface area contributed by atoms with E-state index in [1.165, 1.54) is 5.39 Å². The van der Waals surface area contributed by atoms with Crippen LogP contribution in [0.5, 0.6) is 0 Å². The molecule has 0 aliphatic heterocycles. The van der Waals surface area contributed by atoms with E-state index in [0.717, 1.165) is 66.0 Å². The van der Waals surface area contributed by atoms with Gasteiger partial charge < -0.3 is 8.83 Å². The van der Waals surface area contributed by atoms with Crippen molar-refractivity contribution in [1.29, 1.82) is 0 Å². The van der Waals surface area contributed by atoms with E-state index in [1.807, 2.05) is 72.8 Å². The van der Waals surface area contributed by atoms with Gasteiger partial charge in [-0.25, -0.2) is 15.0 Å². The summed E-state index contributed by atoms with van der Waals surface area (Å²) in [6.07, 6.45) is 0. The first-order valence-corrected chi connectivity index (χ1v) is 13.9. The topological polar surface area (TPSA) is 65.0 Å². The first-order valence-electron chi connectivity index (χ1n) is 13.9. The number of benzene rings is 6. The van der Waals surface area contributed by atoms with Gasteiger partial charge in [0, 0.05) is 38.2 Å². The summed E-state index contributed by atoms with van der Waals surface area (Å²) >= 11 is 0. The molecule has 0 atom stereocenters. The van der Waals surface area contributed by atoms with Gasteiger partial charge in [-0.2, -0.15) is 0 Å². The Morgan fingerprint density at radius 3 is 1.71 bits per heavy atom. The molecule has 9 rings (SSSR count). The lowest BCUT2D eigenvalue weighted by atomic mass is 10.1. The highest BCUT2D eigenvalue weighted by molar-refractivity contribution is 6.10. The van der Waals surface area contributed by atoms with Crippen LogP contribution in [-0.4, -0.2) is 15.0 Å². The van der Waals surface area contributed by atoms with Gasteiger partial charge in [-0.3, -0.25) is 0 Å². The number of hydrogen-bond donors (Lipinski definition) is 0. The van der Waals surface area contributed by atoms with Crippen LogP contribution < -0.4 is 0 Å². The number of rotatable bonds is 3. The van der Waals surface area contributed by atoms with Gasteiger partial charge in [0.2, 0.25) is 0 Å². The van der Waals surface area contributed by atoms with Crippen molar-refractivity contribution in [2.75, 3.05) is 0 Å². The second-order valence-electron chi connectivity index (χ2n) is 10.5. The predicted octanol–water partition coefficient (Wildman–Crippen LogP) is 9.82. The first-order chi connectivity index (χ1) is 20.8. The molecule has 0 fully saturated rings. The standard InChI is InChI=1S/C37H21N3O2/c1-2-8-22(9-3-1)35-38-36(25-15-17-32-29(19-25)27-12-6-7-13-31(27)41-32)40-37(39-35)26-14-16-28-30-18-23-10-4-5-11-24(23)20-34(30)42-33(28)21-26/h1-21H. The maximum atomic E-state index is 6.35. The summed E-state index contributed by atoms with van der Waals surface area (Å²) in [5.74, 6) is 1.80. The van der Waals surface area contributed by atoms with Crippen molar-refractivity contribution in [3.8, 4) is 34.2 Å². The third-order valence-corrected chi connectivity index (χ3v) is 7.90. The lowest BCUT2D eigenvalue weighted by Gasteiger charge is -2.08. The van der Waals surface area contributed by atoms with Gasteiger partial charge in [0.05, 0.1) is 0 Å². The molecule has 6 aromatic carbocycles. The highest BCUT2D eigenvalue weighted by atomic mass is 16.3. The molecule has 0 amide bonds. The molecule has 0 saturated heterocycles. The molecule has 5 heteroatoms. The van der Waals surface area contributed by atoms with E-state index in [0.29, 0.717) is 17.5 Å². The summed E-state index contributed by atoms with van der Waals surface area (Å²) in [5.41, 5.74) is 6.04. The van der Waals surface area contributed by atoms with Crippen molar-refractivity contribution in [1.82, 2.24) is 15.0 Å². The molecule has 42 heavy (non-hydrogen) atoms. The third-order valence-electron chi connectivity index (χ3n) is 7.90. The summed E-state index contributed by atoms with van der Waals surface area (Å²) in [7, 11) is 0. The van der Waals surface area contributed by atoms with Gasteiger partial charge in [0.25, 0.3) is 0 Å². The van der Waals surface area contributed by atoms with Crippen molar-refractivity contribution in [2.24, 2.45) is 0 Å². The van der Waals surface area contributed by atoms with Crippen molar-refractivity contribution in [3.63, 3.8) is 0 Å². The van der Waals surface area contributed by atoms with Crippen molar-refractivity contribution < 1.29 is 8.83 Å². The van der Waals surface area contributed by atoms with E-state index in [1.54, 1.807) is 0 Å². The molecule has 196 valence electrons. The molecular formula is C37H21N3O2. The number of nitrogens with zero attached hydrogens (tertiary/aromatic N) is 3. The van der Waals surface area contributed by atoms with Gasteiger partial charge in [0.1, 0.15) is 22.3 Å². The quantitative estimate of drug-likeness (QED) is 0.224. The van der Waals surface area contributed by atoms with E-state index in [9.17, 15) is 0 Å². The molecule has 0 N–H and O–H groups in total. The normalized spacial score (nSPS) is 11.8. The highest BCUT2D eigenvalue weighted by Crippen LogP contribution is 2.36. The van der Waals surface area contributed by atoms with Crippen LogP contribution in [0, 0.1) is 0 Å². The number of fused-ring (bicyclic) bond motifs is 7. The summed E-state index contributed by atoms with van der Waals surface area (Å²) in [6.45, 7) is 0. The molecule has 3 aromatic heterocycles. The zero-order chi connectivity index (χ0) is 27.6. The Balaban J connectivity index is 1.24. The van der Waals surface area contributed by atoms with Gasteiger partial charge in [-0.1, -0.05) is 78.9 Å².